The summed E-state index contributed by atoms with van der Waals surface area (Å²) < 4.78 is 0.510. The Labute approximate surface area is 128 Å². The van der Waals surface area contributed by atoms with Crippen LogP contribution in [0.3, 0.4) is 0 Å². The van der Waals surface area contributed by atoms with E-state index in [1.54, 1.807) is 6.07 Å². The van der Waals surface area contributed by atoms with Crippen molar-refractivity contribution in [2.24, 2.45) is 0 Å². The molecule has 0 aliphatic heterocycles. The van der Waals surface area contributed by atoms with Crippen molar-refractivity contribution >= 4 is 43.5 Å². The van der Waals surface area contributed by atoms with Crippen LogP contribution < -0.4 is 5.32 Å². The number of halogens is 2. The van der Waals surface area contributed by atoms with Crippen LogP contribution >= 0.6 is 31.9 Å². The summed E-state index contributed by atoms with van der Waals surface area (Å²) >= 11 is 6.62. The predicted molar refractivity (Wildman–Crippen MR) is 80.8 cm³/mol. The molecule has 1 aromatic rings. The lowest BCUT2D eigenvalue weighted by Gasteiger charge is -2.10. The molecule has 1 unspecified atom stereocenters. The number of nitro benzene ring substituents is 1. The van der Waals surface area contributed by atoms with Gasteiger partial charge in [0.25, 0.3) is 11.6 Å². The fourth-order valence-corrected chi connectivity index (χ4v) is 2.63. The van der Waals surface area contributed by atoms with Gasteiger partial charge in [0.1, 0.15) is 0 Å². The number of rotatable bonds is 6. The summed E-state index contributed by atoms with van der Waals surface area (Å²) in [5.41, 5.74) is 0.167. The van der Waals surface area contributed by atoms with E-state index in [4.69, 9.17) is 0 Å². The zero-order chi connectivity index (χ0) is 14.4. The largest absolute Gasteiger partial charge is 0.351 e. The second-order valence-electron chi connectivity index (χ2n) is 4.05. The van der Waals surface area contributed by atoms with Gasteiger partial charge in [-0.3, -0.25) is 14.9 Å². The van der Waals surface area contributed by atoms with Crippen molar-refractivity contribution in [3.63, 3.8) is 0 Å². The summed E-state index contributed by atoms with van der Waals surface area (Å²) in [7, 11) is 0. The summed E-state index contributed by atoms with van der Waals surface area (Å²) in [6.07, 6.45) is 1.98. The summed E-state index contributed by atoms with van der Waals surface area (Å²) in [5.74, 6) is -0.315. The molecule has 7 heteroatoms. The number of amides is 1. The molecule has 0 heterocycles. The van der Waals surface area contributed by atoms with E-state index < -0.39 is 4.92 Å². The normalized spacial score (nSPS) is 11.9. The Morgan fingerprint density at radius 2 is 2.16 bits per heavy atom. The number of nitrogens with one attached hydrogen (secondary N) is 1. The van der Waals surface area contributed by atoms with Gasteiger partial charge < -0.3 is 5.32 Å². The van der Waals surface area contributed by atoms with Crippen molar-refractivity contribution in [1.82, 2.24) is 5.32 Å². The van der Waals surface area contributed by atoms with Gasteiger partial charge in [-0.1, -0.05) is 45.2 Å². The molecule has 1 rings (SSSR count). The van der Waals surface area contributed by atoms with Gasteiger partial charge in [0.05, 0.1) is 4.92 Å². The maximum absolute atomic E-state index is 11.9. The number of nitro groups is 1. The number of benzene rings is 1. The van der Waals surface area contributed by atoms with Gasteiger partial charge in [-0.25, -0.2) is 0 Å². The zero-order valence-corrected chi connectivity index (χ0v) is 13.5. The van der Waals surface area contributed by atoms with Crippen LogP contribution in [0, 0.1) is 10.1 Å². The molecule has 0 aliphatic rings. The van der Waals surface area contributed by atoms with E-state index in [0.717, 1.165) is 12.8 Å². The zero-order valence-electron chi connectivity index (χ0n) is 10.4. The topological polar surface area (TPSA) is 72.2 Å². The average molecular weight is 394 g/mol. The molecule has 0 aromatic heterocycles. The number of carbonyl (C=O) groups excluding carboxylic acids is 1. The minimum Gasteiger partial charge on any atom is -0.351 e. The molecule has 0 aliphatic carbocycles. The van der Waals surface area contributed by atoms with Crippen LogP contribution in [0.25, 0.3) is 0 Å². The molecule has 5 nitrogen and oxygen atoms in total. The monoisotopic (exact) mass is 392 g/mol. The van der Waals surface area contributed by atoms with Crippen molar-refractivity contribution in [2.75, 3.05) is 6.54 Å². The predicted octanol–water partition coefficient (Wildman–Crippen LogP) is 3.65. The first-order chi connectivity index (χ1) is 8.93. The molecule has 0 saturated carbocycles. The minimum atomic E-state index is -0.522. The molecule has 1 N–H and O–H groups in total. The van der Waals surface area contributed by atoms with Crippen LogP contribution in [0.2, 0.25) is 0 Å². The number of non-ortho nitro benzene ring substituents is 1. The second kappa shape index (κ2) is 7.59. The molecule has 0 spiro atoms. The van der Waals surface area contributed by atoms with Crippen LogP contribution in [0.5, 0.6) is 0 Å². The van der Waals surface area contributed by atoms with E-state index in [2.05, 4.69) is 44.1 Å². The van der Waals surface area contributed by atoms with E-state index in [1.165, 1.54) is 12.1 Å². The van der Waals surface area contributed by atoms with E-state index in [9.17, 15) is 14.9 Å². The van der Waals surface area contributed by atoms with Gasteiger partial charge in [0, 0.05) is 33.5 Å². The van der Waals surface area contributed by atoms with Gasteiger partial charge >= 0.3 is 0 Å². The first-order valence-corrected chi connectivity index (χ1v) is 7.52. The average Bonchev–Trinajstić information content (AvgIpc) is 2.35. The Bertz CT molecular complexity index is 480. The number of nitrogens with zero attached hydrogens (tertiary/aromatic N) is 1. The highest BCUT2D eigenvalue weighted by atomic mass is 79.9. The number of alkyl halides is 1. The first kappa shape index (κ1) is 16.1. The van der Waals surface area contributed by atoms with Gasteiger partial charge in [-0.15, -0.1) is 0 Å². The fraction of sp³-hybridized carbons (Fsp3) is 0.417. The van der Waals surface area contributed by atoms with Crippen LogP contribution in [0.1, 0.15) is 30.1 Å². The lowest BCUT2D eigenvalue weighted by molar-refractivity contribution is -0.385. The van der Waals surface area contributed by atoms with Crippen molar-refractivity contribution < 1.29 is 9.72 Å². The molecule has 19 heavy (non-hydrogen) atoms. The number of carbonyl (C=O) groups is 1. The van der Waals surface area contributed by atoms with Gasteiger partial charge in [0.15, 0.2) is 0 Å². The molecule has 0 fully saturated rings. The minimum absolute atomic E-state index is 0.108. The molecule has 0 bridgehead atoms. The van der Waals surface area contributed by atoms with Crippen LogP contribution in [-0.2, 0) is 0 Å². The van der Waals surface area contributed by atoms with E-state index in [-0.39, 0.29) is 22.0 Å². The fourth-order valence-electron chi connectivity index (χ4n) is 1.53. The Kier molecular flexibility index (Phi) is 6.44. The number of hydrogen-bond acceptors (Lipinski definition) is 3. The standard InChI is InChI=1S/C12H14Br2N2O3/c1-2-3-9(13)7-15-12(17)8-4-10(14)6-11(5-8)16(18)19/h4-6,9H,2-3,7H2,1H3,(H,15,17). The molecular weight excluding hydrogens is 380 g/mol. The third-order valence-electron chi connectivity index (χ3n) is 2.44. The molecule has 1 aromatic carbocycles. The Balaban J connectivity index is 2.74. The van der Waals surface area contributed by atoms with Crippen LogP contribution in [0.4, 0.5) is 5.69 Å². The Hall–Kier alpha value is -0.950. The Morgan fingerprint density at radius 1 is 1.47 bits per heavy atom. The Morgan fingerprint density at radius 3 is 2.74 bits per heavy atom. The van der Waals surface area contributed by atoms with Gasteiger partial charge in [-0.05, 0) is 12.5 Å². The van der Waals surface area contributed by atoms with Gasteiger partial charge in [0.2, 0.25) is 0 Å². The first-order valence-electron chi connectivity index (χ1n) is 5.81. The molecule has 1 atom stereocenters. The maximum atomic E-state index is 11.9. The molecule has 104 valence electrons. The van der Waals surface area contributed by atoms with Crippen molar-refractivity contribution in [2.45, 2.75) is 24.6 Å². The third kappa shape index (κ3) is 5.28. The molecule has 1 amide bonds. The second-order valence-corrected chi connectivity index (χ2v) is 6.26. The van der Waals surface area contributed by atoms with Crippen molar-refractivity contribution in [1.29, 1.82) is 0 Å². The van der Waals surface area contributed by atoms with Gasteiger partial charge in [-0.2, -0.15) is 0 Å². The molecule has 0 radical (unpaired) electrons. The molecular formula is C12H14Br2N2O3. The lowest BCUT2D eigenvalue weighted by atomic mass is 10.2. The highest BCUT2D eigenvalue weighted by molar-refractivity contribution is 9.10. The highest BCUT2D eigenvalue weighted by Gasteiger charge is 2.14. The van der Waals surface area contributed by atoms with Crippen LogP contribution in [-0.4, -0.2) is 22.2 Å². The SMILES string of the molecule is CCCC(Br)CNC(=O)c1cc(Br)cc([N+](=O)[O-])c1. The van der Waals surface area contributed by atoms with E-state index >= 15 is 0 Å². The van der Waals surface area contributed by atoms with Crippen molar-refractivity contribution in [3.05, 3.63) is 38.3 Å². The van der Waals surface area contributed by atoms with Crippen molar-refractivity contribution in [3.8, 4) is 0 Å². The summed E-state index contributed by atoms with van der Waals surface area (Å²) in [4.78, 5) is 22.3. The third-order valence-corrected chi connectivity index (χ3v) is 3.68. The summed E-state index contributed by atoms with van der Waals surface area (Å²) in [6.45, 7) is 2.56. The highest BCUT2D eigenvalue weighted by Crippen LogP contribution is 2.21. The van der Waals surface area contributed by atoms with Crippen LogP contribution in [0.15, 0.2) is 22.7 Å². The van der Waals surface area contributed by atoms with E-state index in [0.29, 0.717) is 11.0 Å². The molecule has 0 saturated heterocycles. The lowest BCUT2D eigenvalue weighted by Crippen LogP contribution is -2.29. The van der Waals surface area contributed by atoms with E-state index in [1.807, 2.05) is 0 Å². The quantitative estimate of drug-likeness (QED) is 0.455. The number of hydrogen-bond donors (Lipinski definition) is 1. The maximum Gasteiger partial charge on any atom is 0.271 e. The summed E-state index contributed by atoms with van der Waals surface area (Å²) in [5, 5.41) is 13.5. The summed E-state index contributed by atoms with van der Waals surface area (Å²) in [6, 6.07) is 4.19. The smallest absolute Gasteiger partial charge is 0.271 e.